The molecule has 5 rings (SSSR count). The molecule has 0 radical (unpaired) electrons. The summed E-state index contributed by atoms with van der Waals surface area (Å²) in [6.45, 7) is 3.98. The molecule has 1 aromatic carbocycles. The monoisotopic (exact) mass is 372 g/mol. The third-order valence-electron chi connectivity index (χ3n) is 5.59. The molecule has 1 aliphatic heterocycles. The van der Waals surface area contributed by atoms with Gasteiger partial charge < -0.3 is 9.47 Å². The number of aryl methyl sites for hydroxylation is 2. The Balaban J connectivity index is 1.71. The minimum atomic E-state index is -0.159. The highest BCUT2D eigenvalue weighted by molar-refractivity contribution is 6.09. The van der Waals surface area contributed by atoms with Gasteiger partial charge in [0.2, 0.25) is 0 Å². The molecule has 0 bridgehead atoms. The van der Waals surface area contributed by atoms with Gasteiger partial charge in [-0.1, -0.05) is 24.3 Å². The van der Waals surface area contributed by atoms with Gasteiger partial charge in [0.1, 0.15) is 17.0 Å². The molecule has 4 aromatic rings. The number of para-hydroxylation sites is 1. The van der Waals surface area contributed by atoms with Gasteiger partial charge >= 0.3 is 0 Å². The fraction of sp³-hybridized carbons (Fsp3) is 0.227. The summed E-state index contributed by atoms with van der Waals surface area (Å²) in [6.07, 6.45) is 2.60. The Kier molecular flexibility index (Phi) is 3.46. The minimum absolute atomic E-state index is 0.0682. The van der Waals surface area contributed by atoms with Gasteiger partial charge in [0.05, 0.1) is 5.39 Å². The predicted octanol–water partition coefficient (Wildman–Crippen LogP) is 3.09. The molecular weight excluding hydrogens is 352 g/mol. The number of nitrogens with zero attached hydrogens (tertiary/aromatic N) is 4. The summed E-state index contributed by atoms with van der Waals surface area (Å²) in [7, 11) is 1.79. The maximum absolute atomic E-state index is 13.4. The highest BCUT2D eigenvalue weighted by Gasteiger charge is 2.33. The van der Waals surface area contributed by atoms with Gasteiger partial charge in [0.25, 0.3) is 11.5 Å². The molecular formula is C22H20N4O2. The third kappa shape index (κ3) is 2.24. The van der Waals surface area contributed by atoms with Crippen molar-refractivity contribution in [3.63, 3.8) is 0 Å². The highest BCUT2D eigenvalue weighted by atomic mass is 16.2. The van der Waals surface area contributed by atoms with Crippen molar-refractivity contribution in [3.05, 3.63) is 75.8 Å². The molecule has 3 aromatic heterocycles. The Morgan fingerprint density at radius 2 is 1.96 bits per heavy atom. The number of benzene rings is 1. The summed E-state index contributed by atoms with van der Waals surface area (Å²) in [6, 6.07) is 13.5. The second-order valence-electron chi connectivity index (χ2n) is 7.53. The predicted molar refractivity (Wildman–Crippen MR) is 109 cm³/mol. The number of carbonyl (C=O) groups excluding carboxylic acids is 1. The number of carbonyl (C=O) groups is 1. The van der Waals surface area contributed by atoms with Crippen LogP contribution in [-0.4, -0.2) is 25.9 Å². The maximum atomic E-state index is 13.4. The van der Waals surface area contributed by atoms with E-state index >= 15 is 0 Å². The van der Waals surface area contributed by atoms with Crippen molar-refractivity contribution in [2.45, 2.75) is 26.3 Å². The fourth-order valence-electron chi connectivity index (χ4n) is 4.18. The molecule has 140 valence electrons. The Labute approximate surface area is 161 Å². The van der Waals surface area contributed by atoms with Crippen molar-refractivity contribution in [1.82, 2.24) is 14.0 Å². The molecule has 0 saturated heterocycles. The van der Waals surface area contributed by atoms with Crippen LogP contribution >= 0.6 is 0 Å². The molecule has 6 nitrogen and oxygen atoms in total. The van der Waals surface area contributed by atoms with Crippen LogP contribution in [0.15, 0.2) is 53.5 Å². The topological polar surface area (TPSA) is 59.6 Å². The van der Waals surface area contributed by atoms with Crippen molar-refractivity contribution in [3.8, 4) is 0 Å². The van der Waals surface area contributed by atoms with Gasteiger partial charge in [0, 0.05) is 25.0 Å². The highest BCUT2D eigenvalue weighted by Crippen LogP contribution is 2.33. The van der Waals surface area contributed by atoms with E-state index in [9.17, 15) is 9.59 Å². The Hall–Kier alpha value is -3.41. The molecule has 6 heteroatoms. The molecule has 0 saturated carbocycles. The lowest BCUT2D eigenvalue weighted by Crippen LogP contribution is -2.36. The van der Waals surface area contributed by atoms with Crippen molar-refractivity contribution in [1.29, 1.82) is 0 Å². The molecule has 1 atom stereocenters. The molecule has 1 aliphatic rings. The SMILES string of the molecule is Cc1ccc2nc3c(cc(C(=O)N4c5ccccc5CC4C)n3C)c(=O)n2c1. The van der Waals surface area contributed by atoms with Crippen LogP contribution in [0.4, 0.5) is 5.69 Å². The van der Waals surface area contributed by atoms with Crippen LogP contribution in [0.1, 0.15) is 28.5 Å². The number of aromatic nitrogens is 3. The molecule has 1 amide bonds. The summed E-state index contributed by atoms with van der Waals surface area (Å²) in [4.78, 5) is 32.9. The second-order valence-corrected chi connectivity index (χ2v) is 7.53. The van der Waals surface area contributed by atoms with Crippen LogP contribution in [-0.2, 0) is 13.5 Å². The first-order valence-electron chi connectivity index (χ1n) is 9.35. The van der Waals surface area contributed by atoms with Crippen LogP contribution in [0.25, 0.3) is 16.7 Å². The first kappa shape index (κ1) is 16.7. The zero-order chi connectivity index (χ0) is 19.6. The van der Waals surface area contributed by atoms with Crippen LogP contribution in [0.3, 0.4) is 0 Å². The summed E-state index contributed by atoms with van der Waals surface area (Å²) in [5.74, 6) is -0.109. The average molecular weight is 372 g/mol. The average Bonchev–Trinajstić information content (AvgIpc) is 3.19. The van der Waals surface area contributed by atoms with Crippen molar-refractivity contribution in [2.75, 3.05) is 4.90 Å². The van der Waals surface area contributed by atoms with Gasteiger partial charge in [-0.25, -0.2) is 4.98 Å². The van der Waals surface area contributed by atoms with E-state index in [1.807, 2.05) is 49.1 Å². The standard InChI is InChI=1S/C22H20N4O2/c1-13-8-9-19-23-20-16(21(27)25(19)12-13)11-18(24(20)3)22(28)26-14(2)10-15-6-4-5-7-17(15)26/h4-9,11-12,14H,10H2,1-3H3. The van der Waals surface area contributed by atoms with E-state index in [-0.39, 0.29) is 17.5 Å². The van der Waals surface area contributed by atoms with E-state index in [1.165, 1.54) is 5.56 Å². The van der Waals surface area contributed by atoms with Gasteiger partial charge in [-0.15, -0.1) is 0 Å². The lowest BCUT2D eigenvalue weighted by molar-refractivity contribution is 0.0974. The minimum Gasteiger partial charge on any atom is -0.324 e. The number of rotatable bonds is 1. The van der Waals surface area contributed by atoms with E-state index in [1.54, 1.807) is 28.3 Å². The zero-order valence-corrected chi connectivity index (χ0v) is 16.0. The first-order chi connectivity index (χ1) is 13.5. The van der Waals surface area contributed by atoms with Gasteiger partial charge in [0.15, 0.2) is 0 Å². The van der Waals surface area contributed by atoms with E-state index in [2.05, 4.69) is 11.1 Å². The Bertz CT molecular complexity index is 1330. The van der Waals surface area contributed by atoms with Crippen LogP contribution in [0.5, 0.6) is 0 Å². The van der Waals surface area contributed by atoms with E-state index in [0.717, 1.165) is 17.7 Å². The quantitative estimate of drug-likeness (QED) is 0.516. The number of hydrogen-bond donors (Lipinski definition) is 0. The van der Waals surface area contributed by atoms with E-state index in [0.29, 0.717) is 22.4 Å². The molecule has 28 heavy (non-hydrogen) atoms. The molecule has 0 N–H and O–H groups in total. The van der Waals surface area contributed by atoms with Gasteiger partial charge in [-0.3, -0.25) is 14.0 Å². The summed E-state index contributed by atoms with van der Waals surface area (Å²) in [5, 5.41) is 0.453. The van der Waals surface area contributed by atoms with Crippen LogP contribution in [0.2, 0.25) is 0 Å². The smallest absolute Gasteiger partial charge is 0.275 e. The Morgan fingerprint density at radius 3 is 2.79 bits per heavy atom. The van der Waals surface area contributed by atoms with E-state index < -0.39 is 0 Å². The van der Waals surface area contributed by atoms with E-state index in [4.69, 9.17) is 0 Å². The largest absolute Gasteiger partial charge is 0.324 e. The normalized spacial score (nSPS) is 16.1. The van der Waals surface area contributed by atoms with Gasteiger partial charge in [-0.05, 0) is 49.6 Å². The molecule has 4 heterocycles. The lowest BCUT2D eigenvalue weighted by atomic mass is 10.1. The third-order valence-corrected chi connectivity index (χ3v) is 5.59. The van der Waals surface area contributed by atoms with Crippen molar-refractivity contribution < 1.29 is 4.79 Å². The van der Waals surface area contributed by atoms with Crippen LogP contribution < -0.4 is 10.5 Å². The number of hydrogen-bond acceptors (Lipinski definition) is 3. The summed E-state index contributed by atoms with van der Waals surface area (Å²) in [5.41, 5.74) is 4.49. The fourth-order valence-corrected chi connectivity index (χ4v) is 4.18. The molecule has 1 unspecified atom stereocenters. The zero-order valence-electron chi connectivity index (χ0n) is 16.0. The molecule has 0 spiro atoms. The number of pyridine rings is 1. The molecule has 0 aliphatic carbocycles. The van der Waals surface area contributed by atoms with Crippen LogP contribution in [0, 0.1) is 6.92 Å². The summed E-state index contributed by atoms with van der Waals surface area (Å²) >= 11 is 0. The summed E-state index contributed by atoms with van der Waals surface area (Å²) < 4.78 is 3.27. The second kappa shape index (κ2) is 5.79. The van der Waals surface area contributed by atoms with Gasteiger partial charge in [-0.2, -0.15) is 0 Å². The molecule has 0 fully saturated rings. The first-order valence-corrected chi connectivity index (χ1v) is 9.35. The lowest BCUT2D eigenvalue weighted by Gasteiger charge is -2.22. The maximum Gasteiger partial charge on any atom is 0.275 e. The number of amides is 1. The van der Waals surface area contributed by atoms with Crippen molar-refractivity contribution >= 4 is 28.3 Å². The number of anilines is 1. The van der Waals surface area contributed by atoms with Crippen molar-refractivity contribution in [2.24, 2.45) is 7.05 Å². The Morgan fingerprint density at radius 1 is 1.18 bits per heavy atom. The number of fused-ring (bicyclic) bond motifs is 3.